The summed E-state index contributed by atoms with van der Waals surface area (Å²) in [5.74, 6) is -1.18. The van der Waals surface area contributed by atoms with E-state index in [1.165, 1.54) is 19.1 Å². The summed E-state index contributed by atoms with van der Waals surface area (Å²) in [6, 6.07) is 3.57. The van der Waals surface area contributed by atoms with Gasteiger partial charge in [-0.05, 0) is 11.6 Å². The molecule has 1 amide bonds. The van der Waals surface area contributed by atoms with Crippen LogP contribution in [0.1, 0.15) is 18.1 Å². The van der Waals surface area contributed by atoms with Gasteiger partial charge in [0.1, 0.15) is 6.04 Å². The largest absolute Gasteiger partial charge is 0.467 e. The molecular formula is C13H14F3NO3. The van der Waals surface area contributed by atoms with Gasteiger partial charge in [0, 0.05) is 13.3 Å². The van der Waals surface area contributed by atoms with Crippen molar-refractivity contribution in [3.05, 3.63) is 35.4 Å². The third-order valence-corrected chi connectivity index (χ3v) is 2.56. The number of benzene rings is 1. The summed E-state index contributed by atoms with van der Waals surface area (Å²) >= 11 is 0. The zero-order valence-corrected chi connectivity index (χ0v) is 11.0. The fraction of sp³-hybridized carbons (Fsp3) is 0.385. The Kier molecular flexibility index (Phi) is 5.12. The number of rotatable bonds is 4. The van der Waals surface area contributed by atoms with Crippen LogP contribution in [0.5, 0.6) is 0 Å². The van der Waals surface area contributed by atoms with Crippen LogP contribution in [0.2, 0.25) is 0 Å². The standard InChI is InChI=1S/C13H14F3NO3/c1-8(18)17-11(12(19)20-2)7-9-4-3-5-10(6-9)13(14,15)16/h3-6,11H,7H2,1-2H3,(H,17,18)/t11-/m0/s1. The molecule has 0 radical (unpaired) electrons. The molecule has 0 aliphatic heterocycles. The lowest BCUT2D eigenvalue weighted by Crippen LogP contribution is -2.42. The van der Waals surface area contributed by atoms with E-state index in [-0.39, 0.29) is 12.0 Å². The predicted molar refractivity (Wildman–Crippen MR) is 64.8 cm³/mol. The molecule has 20 heavy (non-hydrogen) atoms. The highest BCUT2D eigenvalue weighted by molar-refractivity contribution is 5.83. The molecule has 0 aromatic heterocycles. The van der Waals surface area contributed by atoms with Crippen molar-refractivity contribution in [2.75, 3.05) is 7.11 Å². The Hall–Kier alpha value is -2.05. The van der Waals surface area contributed by atoms with Crippen LogP contribution in [-0.4, -0.2) is 25.0 Å². The van der Waals surface area contributed by atoms with Crippen molar-refractivity contribution >= 4 is 11.9 Å². The van der Waals surface area contributed by atoms with Gasteiger partial charge in [0.25, 0.3) is 0 Å². The van der Waals surface area contributed by atoms with E-state index in [4.69, 9.17) is 0 Å². The first-order valence-corrected chi connectivity index (χ1v) is 5.75. The lowest BCUT2D eigenvalue weighted by molar-refractivity contribution is -0.144. The quantitative estimate of drug-likeness (QED) is 0.862. The van der Waals surface area contributed by atoms with Crippen LogP contribution in [0, 0.1) is 0 Å². The summed E-state index contributed by atoms with van der Waals surface area (Å²) in [6.07, 6.45) is -4.53. The third kappa shape index (κ3) is 4.56. The van der Waals surface area contributed by atoms with E-state index in [9.17, 15) is 22.8 Å². The molecule has 1 rings (SSSR count). The molecule has 110 valence electrons. The Morgan fingerprint density at radius 3 is 2.50 bits per heavy atom. The van der Waals surface area contributed by atoms with Gasteiger partial charge in [-0.15, -0.1) is 0 Å². The molecule has 7 heteroatoms. The Labute approximate surface area is 113 Å². The second-order valence-corrected chi connectivity index (χ2v) is 4.18. The van der Waals surface area contributed by atoms with Crippen molar-refractivity contribution in [3.63, 3.8) is 0 Å². The first-order chi connectivity index (χ1) is 9.24. The Bertz CT molecular complexity index is 500. The van der Waals surface area contributed by atoms with Crippen molar-refractivity contribution in [2.45, 2.75) is 25.6 Å². The van der Waals surface area contributed by atoms with Crippen molar-refractivity contribution in [1.29, 1.82) is 0 Å². The fourth-order valence-electron chi connectivity index (χ4n) is 1.69. The van der Waals surface area contributed by atoms with Gasteiger partial charge in [0.15, 0.2) is 0 Å². The average molecular weight is 289 g/mol. The molecule has 0 heterocycles. The number of amides is 1. The molecule has 1 aromatic rings. The first kappa shape index (κ1) is 16.0. The van der Waals surface area contributed by atoms with Crippen LogP contribution in [-0.2, 0) is 26.9 Å². The lowest BCUT2D eigenvalue weighted by atomic mass is 10.0. The number of hydrogen-bond donors (Lipinski definition) is 1. The summed E-state index contributed by atoms with van der Waals surface area (Å²) < 4.78 is 42.2. The molecule has 1 aromatic carbocycles. The molecule has 0 saturated carbocycles. The minimum Gasteiger partial charge on any atom is -0.467 e. The topological polar surface area (TPSA) is 55.4 Å². The average Bonchev–Trinajstić information content (AvgIpc) is 2.36. The van der Waals surface area contributed by atoms with Gasteiger partial charge < -0.3 is 10.1 Å². The first-order valence-electron chi connectivity index (χ1n) is 5.75. The lowest BCUT2D eigenvalue weighted by Gasteiger charge is -2.16. The van der Waals surface area contributed by atoms with E-state index >= 15 is 0 Å². The van der Waals surface area contributed by atoms with Crippen molar-refractivity contribution < 1.29 is 27.5 Å². The number of nitrogens with one attached hydrogen (secondary N) is 1. The van der Waals surface area contributed by atoms with Gasteiger partial charge in [-0.2, -0.15) is 13.2 Å². The number of esters is 1. The highest BCUT2D eigenvalue weighted by Crippen LogP contribution is 2.29. The SMILES string of the molecule is COC(=O)[C@H](Cc1cccc(C(F)(F)F)c1)NC(C)=O. The minimum absolute atomic E-state index is 0.0732. The molecule has 0 saturated heterocycles. The molecule has 0 aliphatic carbocycles. The van der Waals surface area contributed by atoms with Gasteiger partial charge in [0.2, 0.25) is 5.91 Å². The molecular weight excluding hydrogens is 275 g/mol. The van der Waals surface area contributed by atoms with Crippen LogP contribution in [0.4, 0.5) is 13.2 Å². The fourth-order valence-corrected chi connectivity index (χ4v) is 1.69. The number of carbonyl (C=O) groups excluding carboxylic acids is 2. The van der Waals surface area contributed by atoms with Crippen molar-refractivity contribution in [1.82, 2.24) is 5.32 Å². The Morgan fingerprint density at radius 1 is 1.35 bits per heavy atom. The number of halogens is 3. The van der Waals surface area contributed by atoms with Crippen molar-refractivity contribution in [3.8, 4) is 0 Å². The molecule has 1 N–H and O–H groups in total. The Balaban J connectivity index is 2.93. The molecule has 1 atom stereocenters. The zero-order chi connectivity index (χ0) is 15.3. The predicted octanol–water partition coefficient (Wildman–Crippen LogP) is 1.93. The van der Waals surface area contributed by atoms with Crippen LogP contribution in [0.3, 0.4) is 0 Å². The maximum absolute atomic E-state index is 12.6. The highest BCUT2D eigenvalue weighted by atomic mass is 19.4. The zero-order valence-electron chi connectivity index (χ0n) is 11.0. The smallest absolute Gasteiger partial charge is 0.416 e. The van der Waals surface area contributed by atoms with Gasteiger partial charge in [-0.25, -0.2) is 4.79 Å². The number of hydrogen-bond acceptors (Lipinski definition) is 3. The summed E-state index contributed by atoms with van der Waals surface area (Å²) in [5, 5.41) is 2.34. The van der Waals surface area contributed by atoms with Crippen LogP contribution < -0.4 is 5.32 Å². The number of methoxy groups -OCH3 is 1. The maximum Gasteiger partial charge on any atom is 0.416 e. The molecule has 0 spiro atoms. The number of carbonyl (C=O) groups is 2. The molecule has 0 unspecified atom stereocenters. The maximum atomic E-state index is 12.6. The monoisotopic (exact) mass is 289 g/mol. The van der Waals surface area contributed by atoms with E-state index in [0.29, 0.717) is 0 Å². The molecule has 0 aliphatic rings. The van der Waals surface area contributed by atoms with E-state index in [1.807, 2.05) is 0 Å². The van der Waals surface area contributed by atoms with Crippen molar-refractivity contribution in [2.24, 2.45) is 0 Å². The summed E-state index contributed by atoms with van der Waals surface area (Å²) in [6.45, 7) is 1.21. The van der Waals surface area contributed by atoms with Gasteiger partial charge in [-0.1, -0.05) is 18.2 Å². The van der Waals surface area contributed by atoms with Crippen LogP contribution >= 0.6 is 0 Å². The van der Waals surface area contributed by atoms with Crippen LogP contribution in [0.15, 0.2) is 24.3 Å². The highest BCUT2D eigenvalue weighted by Gasteiger charge is 2.31. The van der Waals surface area contributed by atoms with E-state index in [1.54, 1.807) is 0 Å². The van der Waals surface area contributed by atoms with Gasteiger partial charge >= 0.3 is 12.1 Å². The van der Waals surface area contributed by atoms with Crippen LogP contribution in [0.25, 0.3) is 0 Å². The Morgan fingerprint density at radius 2 is 2.00 bits per heavy atom. The normalized spacial score (nSPS) is 12.7. The van der Waals surface area contributed by atoms with Gasteiger partial charge in [0.05, 0.1) is 12.7 Å². The molecule has 4 nitrogen and oxygen atoms in total. The molecule has 0 fully saturated rings. The molecule has 0 bridgehead atoms. The second-order valence-electron chi connectivity index (χ2n) is 4.18. The summed E-state index contributed by atoms with van der Waals surface area (Å²) in [4.78, 5) is 22.5. The second kappa shape index (κ2) is 6.40. The van der Waals surface area contributed by atoms with E-state index < -0.39 is 29.7 Å². The minimum atomic E-state index is -4.45. The number of ether oxygens (including phenoxy) is 1. The number of alkyl halides is 3. The van der Waals surface area contributed by atoms with E-state index in [2.05, 4.69) is 10.1 Å². The van der Waals surface area contributed by atoms with Gasteiger partial charge in [-0.3, -0.25) is 4.79 Å². The summed E-state index contributed by atoms with van der Waals surface area (Å²) in [7, 11) is 1.14. The summed E-state index contributed by atoms with van der Waals surface area (Å²) in [5.41, 5.74) is -0.523. The van der Waals surface area contributed by atoms with E-state index in [0.717, 1.165) is 19.2 Å². The third-order valence-electron chi connectivity index (χ3n) is 2.56.